The van der Waals surface area contributed by atoms with Gasteiger partial charge in [-0.1, -0.05) is 35.9 Å². The van der Waals surface area contributed by atoms with E-state index in [4.69, 9.17) is 4.74 Å². The predicted molar refractivity (Wildman–Crippen MR) is 96.6 cm³/mol. The summed E-state index contributed by atoms with van der Waals surface area (Å²) in [6.45, 7) is 5.39. The summed E-state index contributed by atoms with van der Waals surface area (Å²) in [6, 6.07) is 13.7. The number of aryl methyl sites for hydroxylation is 3. The van der Waals surface area contributed by atoms with Crippen molar-refractivity contribution in [3.63, 3.8) is 0 Å². The zero-order valence-corrected chi connectivity index (χ0v) is 14.2. The first-order valence-electron chi connectivity index (χ1n) is 8.30. The fourth-order valence-corrected chi connectivity index (χ4v) is 2.79. The van der Waals surface area contributed by atoms with Crippen LogP contribution in [0.4, 0.5) is 0 Å². The zero-order chi connectivity index (χ0) is 16.9. The van der Waals surface area contributed by atoms with Gasteiger partial charge in [-0.2, -0.15) is 5.10 Å². The van der Waals surface area contributed by atoms with Crippen molar-refractivity contribution >= 4 is 10.8 Å². The minimum absolute atomic E-state index is 0.0246. The molecule has 0 bridgehead atoms. The molecule has 0 N–H and O–H groups in total. The fourth-order valence-electron chi connectivity index (χ4n) is 2.79. The molecule has 0 saturated carbocycles. The van der Waals surface area contributed by atoms with Crippen LogP contribution in [0.2, 0.25) is 0 Å². The number of fused-ring (bicyclic) bond motifs is 1. The maximum Gasteiger partial charge on any atom is 0.274 e. The Labute approximate surface area is 141 Å². The first-order chi connectivity index (χ1) is 11.6. The normalized spacial score (nSPS) is 10.9. The van der Waals surface area contributed by atoms with Gasteiger partial charge in [0.1, 0.15) is 5.75 Å². The molecular formula is C20H22N2O2. The van der Waals surface area contributed by atoms with E-state index in [9.17, 15) is 4.79 Å². The molecule has 4 nitrogen and oxygen atoms in total. The van der Waals surface area contributed by atoms with Gasteiger partial charge in [-0.3, -0.25) is 4.79 Å². The summed E-state index contributed by atoms with van der Waals surface area (Å²) < 4.78 is 7.36. The van der Waals surface area contributed by atoms with Gasteiger partial charge in [-0.05, 0) is 44.4 Å². The van der Waals surface area contributed by atoms with Crippen molar-refractivity contribution < 1.29 is 4.74 Å². The van der Waals surface area contributed by atoms with Gasteiger partial charge in [0.15, 0.2) is 0 Å². The van der Waals surface area contributed by atoms with Gasteiger partial charge in [-0.25, -0.2) is 4.68 Å². The molecule has 0 aliphatic rings. The Balaban J connectivity index is 1.53. The lowest BCUT2D eigenvalue weighted by atomic mass is 10.1. The van der Waals surface area contributed by atoms with Gasteiger partial charge in [0.25, 0.3) is 5.56 Å². The summed E-state index contributed by atoms with van der Waals surface area (Å²) >= 11 is 0. The molecule has 0 saturated heterocycles. The van der Waals surface area contributed by atoms with Crippen LogP contribution in [0, 0.1) is 13.8 Å². The minimum atomic E-state index is -0.0246. The fraction of sp³-hybridized carbons (Fsp3) is 0.300. The van der Waals surface area contributed by atoms with E-state index in [1.807, 2.05) is 30.3 Å². The topological polar surface area (TPSA) is 44.1 Å². The summed E-state index contributed by atoms with van der Waals surface area (Å²) in [7, 11) is 0. The predicted octanol–water partition coefficient (Wildman–Crippen LogP) is 3.87. The van der Waals surface area contributed by atoms with Crippen LogP contribution in [0.5, 0.6) is 5.75 Å². The maximum absolute atomic E-state index is 12.4. The molecule has 0 atom stereocenters. The largest absolute Gasteiger partial charge is 0.493 e. The average Bonchev–Trinajstić information content (AvgIpc) is 2.58. The molecule has 3 rings (SSSR count). The van der Waals surface area contributed by atoms with E-state index in [1.165, 1.54) is 5.56 Å². The Morgan fingerprint density at radius 1 is 1.08 bits per heavy atom. The van der Waals surface area contributed by atoms with Crippen molar-refractivity contribution in [1.29, 1.82) is 0 Å². The second-order valence-corrected chi connectivity index (χ2v) is 6.08. The standard InChI is InChI=1S/C20H22N2O2/c1-15-9-10-19(16(2)13-15)24-12-6-5-11-22-20(23)18-8-4-3-7-17(18)14-21-22/h3-4,7-10,13-14H,5-6,11-12H2,1-2H3. The van der Waals surface area contributed by atoms with E-state index in [0.29, 0.717) is 13.2 Å². The number of nitrogens with zero attached hydrogens (tertiary/aromatic N) is 2. The van der Waals surface area contributed by atoms with Crippen LogP contribution in [-0.4, -0.2) is 16.4 Å². The minimum Gasteiger partial charge on any atom is -0.493 e. The van der Waals surface area contributed by atoms with Crippen LogP contribution in [0.25, 0.3) is 10.8 Å². The molecule has 0 aliphatic heterocycles. The molecule has 0 radical (unpaired) electrons. The van der Waals surface area contributed by atoms with Crippen LogP contribution >= 0.6 is 0 Å². The van der Waals surface area contributed by atoms with Crippen molar-refractivity contribution in [2.75, 3.05) is 6.61 Å². The summed E-state index contributed by atoms with van der Waals surface area (Å²) in [5, 5.41) is 5.86. The second-order valence-electron chi connectivity index (χ2n) is 6.08. The second kappa shape index (κ2) is 7.30. The van der Waals surface area contributed by atoms with E-state index in [1.54, 1.807) is 10.9 Å². The van der Waals surface area contributed by atoms with Crippen LogP contribution in [0.3, 0.4) is 0 Å². The highest BCUT2D eigenvalue weighted by molar-refractivity contribution is 5.80. The van der Waals surface area contributed by atoms with E-state index in [-0.39, 0.29) is 5.56 Å². The molecule has 124 valence electrons. The van der Waals surface area contributed by atoms with Gasteiger partial charge in [0.2, 0.25) is 0 Å². The number of hydrogen-bond acceptors (Lipinski definition) is 3. The number of unbranched alkanes of at least 4 members (excludes halogenated alkanes) is 1. The highest BCUT2D eigenvalue weighted by atomic mass is 16.5. The molecule has 3 aromatic rings. The Hall–Kier alpha value is -2.62. The first kappa shape index (κ1) is 16.2. The SMILES string of the molecule is Cc1ccc(OCCCCn2ncc3ccccc3c2=O)c(C)c1. The summed E-state index contributed by atoms with van der Waals surface area (Å²) in [6.07, 6.45) is 3.49. The van der Waals surface area contributed by atoms with Gasteiger partial charge in [-0.15, -0.1) is 0 Å². The lowest BCUT2D eigenvalue weighted by Crippen LogP contribution is -2.23. The summed E-state index contributed by atoms with van der Waals surface area (Å²) in [5.74, 6) is 0.932. The summed E-state index contributed by atoms with van der Waals surface area (Å²) in [4.78, 5) is 12.4. The van der Waals surface area contributed by atoms with Crippen molar-refractivity contribution in [3.05, 3.63) is 70.1 Å². The quantitative estimate of drug-likeness (QED) is 0.647. The van der Waals surface area contributed by atoms with Crippen molar-refractivity contribution in [2.45, 2.75) is 33.2 Å². The van der Waals surface area contributed by atoms with E-state index in [0.717, 1.165) is 34.9 Å². The third-order valence-corrected chi connectivity index (χ3v) is 4.11. The number of rotatable bonds is 6. The molecule has 0 fully saturated rings. The molecule has 0 amide bonds. The van der Waals surface area contributed by atoms with Crippen molar-refractivity contribution in [3.8, 4) is 5.75 Å². The number of benzene rings is 2. The number of hydrogen-bond donors (Lipinski definition) is 0. The smallest absolute Gasteiger partial charge is 0.274 e. The van der Waals surface area contributed by atoms with E-state index < -0.39 is 0 Å². The molecule has 24 heavy (non-hydrogen) atoms. The maximum atomic E-state index is 12.4. The highest BCUT2D eigenvalue weighted by Gasteiger charge is 2.04. The Morgan fingerprint density at radius 3 is 2.75 bits per heavy atom. The number of ether oxygens (including phenoxy) is 1. The molecule has 1 aromatic heterocycles. The van der Waals surface area contributed by atoms with Gasteiger partial charge < -0.3 is 4.74 Å². The van der Waals surface area contributed by atoms with Gasteiger partial charge in [0, 0.05) is 11.9 Å². The highest BCUT2D eigenvalue weighted by Crippen LogP contribution is 2.18. The molecule has 0 aliphatic carbocycles. The van der Waals surface area contributed by atoms with Crippen molar-refractivity contribution in [1.82, 2.24) is 9.78 Å². The van der Waals surface area contributed by atoms with Crippen LogP contribution in [0.15, 0.2) is 53.5 Å². The molecule has 0 spiro atoms. The monoisotopic (exact) mass is 322 g/mol. The van der Waals surface area contributed by atoms with E-state index >= 15 is 0 Å². The zero-order valence-electron chi connectivity index (χ0n) is 14.2. The Bertz CT molecular complexity index is 900. The third kappa shape index (κ3) is 3.65. The average molecular weight is 322 g/mol. The van der Waals surface area contributed by atoms with Crippen LogP contribution < -0.4 is 10.3 Å². The third-order valence-electron chi connectivity index (χ3n) is 4.11. The van der Waals surface area contributed by atoms with Gasteiger partial charge in [0.05, 0.1) is 18.2 Å². The van der Waals surface area contributed by atoms with Crippen LogP contribution in [0.1, 0.15) is 24.0 Å². The molecule has 2 aromatic carbocycles. The van der Waals surface area contributed by atoms with Crippen LogP contribution in [-0.2, 0) is 6.54 Å². The number of aromatic nitrogens is 2. The van der Waals surface area contributed by atoms with Gasteiger partial charge >= 0.3 is 0 Å². The molecule has 1 heterocycles. The first-order valence-corrected chi connectivity index (χ1v) is 8.30. The Morgan fingerprint density at radius 2 is 1.92 bits per heavy atom. The molecule has 0 unspecified atom stereocenters. The lowest BCUT2D eigenvalue weighted by Gasteiger charge is -2.10. The lowest BCUT2D eigenvalue weighted by molar-refractivity contribution is 0.299. The summed E-state index contributed by atoms with van der Waals surface area (Å²) in [5.41, 5.74) is 2.37. The molecular weight excluding hydrogens is 300 g/mol. The molecule has 4 heteroatoms. The van der Waals surface area contributed by atoms with E-state index in [2.05, 4.69) is 31.1 Å². The van der Waals surface area contributed by atoms with Crippen molar-refractivity contribution in [2.24, 2.45) is 0 Å². The Kier molecular flexibility index (Phi) is 4.94.